The standard InChI is InChI=1S/C14H21ClN2O4S/c1-11-12(5-3-6-13(11)15)10-22(19,20)17-9-14(18)16-7-4-8-21-2/h3,5-6,17H,4,7-10H2,1-2H3,(H,16,18). The fourth-order valence-corrected chi connectivity index (χ4v) is 3.12. The number of methoxy groups -OCH3 is 1. The van der Waals surface area contributed by atoms with Gasteiger partial charge in [0, 0.05) is 25.3 Å². The van der Waals surface area contributed by atoms with E-state index in [0.717, 1.165) is 5.56 Å². The second-order valence-corrected chi connectivity index (χ2v) is 7.01. The van der Waals surface area contributed by atoms with E-state index in [-0.39, 0.29) is 18.2 Å². The smallest absolute Gasteiger partial charge is 0.235 e. The van der Waals surface area contributed by atoms with Gasteiger partial charge in [-0.1, -0.05) is 23.7 Å². The molecule has 0 unspecified atom stereocenters. The van der Waals surface area contributed by atoms with Gasteiger partial charge in [-0.05, 0) is 30.5 Å². The number of nitrogens with one attached hydrogen (secondary N) is 2. The first kappa shape index (κ1) is 18.9. The first-order valence-corrected chi connectivity index (χ1v) is 8.85. The summed E-state index contributed by atoms with van der Waals surface area (Å²) in [5.74, 6) is -0.585. The minimum Gasteiger partial charge on any atom is -0.385 e. The second kappa shape index (κ2) is 9.09. The summed E-state index contributed by atoms with van der Waals surface area (Å²) in [6, 6.07) is 5.10. The molecule has 0 saturated heterocycles. The summed E-state index contributed by atoms with van der Waals surface area (Å²) in [6.07, 6.45) is 0.677. The number of carbonyl (C=O) groups is 1. The first-order valence-electron chi connectivity index (χ1n) is 6.82. The third-order valence-corrected chi connectivity index (χ3v) is 4.71. The van der Waals surface area contributed by atoms with Crippen molar-refractivity contribution in [3.63, 3.8) is 0 Å². The molecule has 0 fully saturated rings. The van der Waals surface area contributed by atoms with Crippen LogP contribution in [-0.4, -0.2) is 41.1 Å². The lowest BCUT2D eigenvalue weighted by Gasteiger charge is -2.10. The molecule has 0 aliphatic carbocycles. The Balaban J connectivity index is 2.47. The van der Waals surface area contributed by atoms with Gasteiger partial charge in [-0.3, -0.25) is 4.79 Å². The van der Waals surface area contributed by atoms with Crippen LogP contribution in [0.3, 0.4) is 0 Å². The number of amides is 1. The predicted molar refractivity (Wildman–Crippen MR) is 86.3 cm³/mol. The zero-order valence-corrected chi connectivity index (χ0v) is 14.3. The van der Waals surface area contributed by atoms with Crippen LogP contribution in [-0.2, 0) is 25.3 Å². The molecule has 22 heavy (non-hydrogen) atoms. The third-order valence-electron chi connectivity index (χ3n) is 3.03. The van der Waals surface area contributed by atoms with E-state index in [9.17, 15) is 13.2 Å². The van der Waals surface area contributed by atoms with Crippen molar-refractivity contribution < 1.29 is 17.9 Å². The molecule has 0 saturated carbocycles. The molecule has 1 amide bonds. The van der Waals surface area contributed by atoms with Gasteiger partial charge in [0.05, 0.1) is 12.3 Å². The van der Waals surface area contributed by atoms with E-state index in [2.05, 4.69) is 10.0 Å². The molecule has 2 N–H and O–H groups in total. The van der Waals surface area contributed by atoms with Crippen molar-refractivity contribution in [1.82, 2.24) is 10.0 Å². The summed E-state index contributed by atoms with van der Waals surface area (Å²) in [7, 11) is -2.02. The number of halogens is 1. The molecule has 0 atom stereocenters. The molecule has 6 nitrogen and oxygen atoms in total. The molecule has 0 aliphatic rings. The van der Waals surface area contributed by atoms with Crippen molar-refractivity contribution in [2.75, 3.05) is 26.8 Å². The van der Waals surface area contributed by atoms with Gasteiger partial charge < -0.3 is 10.1 Å². The molecule has 1 aromatic carbocycles. The Hall–Kier alpha value is -1.15. The number of ether oxygens (including phenoxy) is 1. The molecule has 0 spiro atoms. The molecule has 1 aromatic rings. The van der Waals surface area contributed by atoms with Crippen LogP contribution in [0.25, 0.3) is 0 Å². The van der Waals surface area contributed by atoms with Gasteiger partial charge in [-0.15, -0.1) is 0 Å². The molecule has 0 radical (unpaired) electrons. The molecule has 0 heterocycles. The van der Waals surface area contributed by atoms with Gasteiger partial charge in [-0.25, -0.2) is 13.1 Å². The van der Waals surface area contributed by atoms with Crippen LogP contribution in [0.5, 0.6) is 0 Å². The predicted octanol–water partition coefficient (Wildman–Crippen LogP) is 1.22. The molecule has 8 heteroatoms. The number of hydrogen-bond donors (Lipinski definition) is 2. The number of carbonyl (C=O) groups excluding carboxylic acids is 1. The van der Waals surface area contributed by atoms with Crippen LogP contribution >= 0.6 is 11.6 Å². The van der Waals surface area contributed by atoms with Crippen LogP contribution in [0.1, 0.15) is 17.5 Å². The quantitative estimate of drug-likeness (QED) is 0.657. The highest BCUT2D eigenvalue weighted by Gasteiger charge is 2.15. The highest BCUT2D eigenvalue weighted by molar-refractivity contribution is 7.88. The molecule has 1 rings (SSSR count). The average molecular weight is 349 g/mol. The van der Waals surface area contributed by atoms with Crippen molar-refractivity contribution in [3.05, 3.63) is 34.3 Å². The maximum Gasteiger partial charge on any atom is 0.235 e. The van der Waals surface area contributed by atoms with E-state index >= 15 is 0 Å². The summed E-state index contributed by atoms with van der Waals surface area (Å²) in [5.41, 5.74) is 1.33. The largest absolute Gasteiger partial charge is 0.385 e. The normalized spacial score (nSPS) is 11.4. The van der Waals surface area contributed by atoms with Crippen LogP contribution in [0, 0.1) is 6.92 Å². The van der Waals surface area contributed by atoms with Gasteiger partial charge in [-0.2, -0.15) is 0 Å². The van der Waals surface area contributed by atoms with Crippen molar-refractivity contribution in [2.45, 2.75) is 19.1 Å². The molecular weight excluding hydrogens is 328 g/mol. The average Bonchev–Trinajstić information content (AvgIpc) is 2.46. The Morgan fingerprint density at radius 2 is 2.09 bits per heavy atom. The fraction of sp³-hybridized carbons (Fsp3) is 0.500. The fourth-order valence-electron chi connectivity index (χ4n) is 1.75. The number of hydrogen-bond acceptors (Lipinski definition) is 4. The highest BCUT2D eigenvalue weighted by Crippen LogP contribution is 2.20. The van der Waals surface area contributed by atoms with Crippen molar-refractivity contribution in [3.8, 4) is 0 Å². The Kier molecular flexibility index (Phi) is 7.81. The topological polar surface area (TPSA) is 84.5 Å². The molecule has 0 bridgehead atoms. The van der Waals surface area contributed by atoms with Gasteiger partial charge in [0.1, 0.15) is 0 Å². The van der Waals surface area contributed by atoms with Gasteiger partial charge in [0.2, 0.25) is 15.9 Å². The maximum atomic E-state index is 12.0. The number of sulfonamides is 1. The third kappa shape index (κ3) is 6.74. The van der Waals surface area contributed by atoms with Gasteiger partial charge in [0.15, 0.2) is 0 Å². The molecular formula is C14H21ClN2O4S. The van der Waals surface area contributed by atoms with E-state index in [0.29, 0.717) is 30.2 Å². The highest BCUT2D eigenvalue weighted by atomic mass is 35.5. The van der Waals surface area contributed by atoms with Crippen LogP contribution in [0.4, 0.5) is 0 Å². The van der Waals surface area contributed by atoms with E-state index in [1.165, 1.54) is 0 Å². The van der Waals surface area contributed by atoms with E-state index in [1.54, 1.807) is 32.2 Å². The minimum atomic E-state index is -3.60. The van der Waals surface area contributed by atoms with Crippen molar-refractivity contribution in [1.29, 1.82) is 0 Å². The lowest BCUT2D eigenvalue weighted by Crippen LogP contribution is -2.38. The van der Waals surface area contributed by atoms with Crippen LogP contribution in [0.15, 0.2) is 18.2 Å². The zero-order chi connectivity index (χ0) is 16.6. The molecule has 124 valence electrons. The van der Waals surface area contributed by atoms with Crippen LogP contribution in [0.2, 0.25) is 5.02 Å². The Morgan fingerprint density at radius 1 is 1.36 bits per heavy atom. The second-order valence-electron chi connectivity index (χ2n) is 4.80. The summed E-state index contributed by atoms with van der Waals surface area (Å²) in [4.78, 5) is 11.5. The van der Waals surface area contributed by atoms with E-state index in [4.69, 9.17) is 16.3 Å². The SMILES string of the molecule is COCCCNC(=O)CNS(=O)(=O)Cc1cccc(Cl)c1C. The monoisotopic (exact) mass is 348 g/mol. The van der Waals surface area contributed by atoms with E-state index in [1.807, 2.05) is 0 Å². The van der Waals surface area contributed by atoms with Gasteiger partial charge in [0.25, 0.3) is 0 Å². The minimum absolute atomic E-state index is 0.212. The summed E-state index contributed by atoms with van der Waals surface area (Å²) in [6.45, 7) is 2.46. The van der Waals surface area contributed by atoms with Crippen LogP contribution < -0.4 is 10.0 Å². The maximum absolute atomic E-state index is 12.0. The lowest BCUT2D eigenvalue weighted by atomic mass is 10.1. The first-order chi connectivity index (χ1) is 10.4. The number of benzene rings is 1. The van der Waals surface area contributed by atoms with Crippen molar-refractivity contribution >= 4 is 27.5 Å². The Morgan fingerprint density at radius 3 is 2.77 bits per heavy atom. The number of rotatable bonds is 9. The van der Waals surface area contributed by atoms with E-state index < -0.39 is 10.0 Å². The lowest BCUT2D eigenvalue weighted by molar-refractivity contribution is -0.120. The molecule has 0 aliphatic heterocycles. The van der Waals surface area contributed by atoms with Crippen molar-refractivity contribution in [2.24, 2.45) is 0 Å². The Labute approximate surface area is 136 Å². The zero-order valence-electron chi connectivity index (χ0n) is 12.7. The summed E-state index contributed by atoms with van der Waals surface area (Å²) in [5, 5.41) is 3.12. The summed E-state index contributed by atoms with van der Waals surface area (Å²) < 4.78 is 31.1. The van der Waals surface area contributed by atoms with Gasteiger partial charge >= 0.3 is 0 Å². The summed E-state index contributed by atoms with van der Waals surface area (Å²) >= 11 is 5.96. The molecule has 0 aromatic heterocycles. The Bertz CT molecular complexity index is 605.